The number of fused-ring (bicyclic) bond motifs is 6. The van der Waals surface area contributed by atoms with Gasteiger partial charge in [0, 0.05) is 31.7 Å². The Bertz CT molecular complexity index is 2820. The van der Waals surface area contributed by atoms with Gasteiger partial charge in [0.2, 0.25) is 0 Å². The second kappa shape index (κ2) is 16.2. The van der Waals surface area contributed by atoms with Crippen molar-refractivity contribution in [3.8, 4) is 33.6 Å². The van der Waals surface area contributed by atoms with Crippen LogP contribution in [0.3, 0.4) is 0 Å². The van der Waals surface area contributed by atoms with Crippen LogP contribution in [0.4, 0.5) is 0 Å². The second-order valence-electron chi connectivity index (χ2n) is 17.2. The van der Waals surface area contributed by atoms with Crippen LogP contribution in [0.15, 0.2) is 136 Å². The molecule has 5 aromatic carbocycles. The SMILES string of the molecule is CC(C)(C)c1ccc(-c2ccc3c(c2)oc2c(-c4ccccn4)[c-]ccc23)cc1.CC(C)Cc1cc(-c2[c-]ccc3c2oc2ccccc23)nc[c]1[Ge]([CH3])([CH3])[CH3].[Ir]. The zero-order chi connectivity index (χ0) is 39.2. The maximum Gasteiger partial charge on any atom is 0 e. The summed E-state index contributed by atoms with van der Waals surface area (Å²) in [6.07, 6.45) is 5.01. The number of nitrogens with zero attached hydrogens (tertiary/aromatic N) is 2. The second-order valence-corrected chi connectivity index (χ2v) is 27.8. The Balaban J connectivity index is 0.000000172. The molecule has 0 bridgehead atoms. The summed E-state index contributed by atoms with van der Waals surface area (Å²) < 4.78 is 14.0. The molecule has 0 amide bonds. The molecule has 0 aliphatic rings. The fourth-order valence-electron chi connectivity index (χ4n) is 7.58. The fraction of sp³-hybridized carbons (Fsp3) is 0.216. The van der Waals surface area contributed by atoms with E-state index in [2.05, 4.69) is 148 Å². The van der Waals surface area contributed by atoms with Crippen molar-refractivity contribution in [2.24, 2.45) is 5.92 Å². The number of hydrogen-bond donors (Lipinski definition) is 0. The molecule has 0 saturated heterocycles. The van der Waals surface area contributed by atoms with Crippen molar-refractivity contribution in [3.05, 3.63) is 151 Å². The number of benzene rings is 5. The van der Waals surface area contributed by atoms with Crippen LogP contribution in [0.2, 0.25) is 17.3 Å². The van der Waals surface area contributed by atoms with Gasteiger partial charge in [-0.1, -0.05) is 80.3 Å². The number of pyridine rings is 2. The van der Waals surface area contributed by atoms with E-state index in [-0.39, 0.29) is 25.5 Å². The number of furan rings is 2. The zero-order valence-corrected chi connectivity index (χ0v) is 38.4. The summed E-state index contributed by atoms with van der Waals surface area (Å²) in [7, 11) is 0. The Morgan fingerprint density at radius 3 is 1.88 bits per heavy atom. The van der Waals surface area contributed by atoms with E-state index in [0.29, 0.717) is 5.92 Å². The molecule has 0 saturated carbocycles. The summed E-state index contributed by atoms with van der Waals surface area (Å²) in [4.78, 5) is 9.33. The first-order chi connectivity index (χ1) is 26.8. The molecule has 0 N–H and O–H groups in total. The molecule has 0 spiro atoms. The van der Waals surface area contributed by atoms with Gasteiger partial charge >= 0.3 is 164 Å². The molecule has 9 aromatic rings. The smallest absolute Gasteiger partial charge is 0 e. The zero-order valence-electron chi connectivity index (χ0n) is 34.0. The van der Waals surface area contributed by atoms with Gasteiger partial charge in [0.15, 0.2) is 0 Å². The molecule has 0 unspecified atom stereocenters. The molecule has 4 aromatic heterocycles. The van der Waals surface area contributed by atoms with E-state index in [4.69, 9.17) is 13.8 Å². The first kappa shape index (κ1) is 40.4. The molecular weight excluding hydrogens is 937 g/mol. The predicted molar refractivity (Wildman–Crippen MR) is 237 cm³/mol. The van der Waals surface area contributed by atoms with Gasteiger partial charge < -0.3 is 9.40 Å². The Morgan fingerprint density at radius 2 is 1.25 bits per heavy atom. The molecule has 0 aliphatic heterocycles. The van der Waals surface area contributed by atoms with Crippen LogP contribution >= 0.6 is 0 Å². The largest absolute Gasteiger partial charge is 0 e. The normalized spacial score (nSPS) is 11.9. The first-order valence-corrected chi connectivity index (χ1v) is 26.9. The van der Waals surface area contributed by atoms with E-state index in [1.165, 1.54) is 21.1 Å². The van der Waals surface area contributed by atoms with Crippen molar-refractivity contribution in [2.45, 2.75) is 63.7 Å². The topological polar surface area (TPSA) is 52.1 Å². The van der Waals surface area contributed by atoms with Gasteiger partial charge in [0.1, 0.15) is 5.58 Å². The summed E-state index contributed by atoms with van der Waals surface area (Å²) in [5.41, 5.74) is 12.5. The van der Waals surface area contributed by atoms with Crippen molar-refractivity contribution in [2.75, 3.05) is 0 Å². The van der Waals surface area contributed by atoms with Crippen molar-refractivity contribution >= 4 is 61.5 Å². The Hall–Kier alpha value is -4.81. The molecule has 0 fully saturated rings. The van der Waals surface area contributed by atoms with Crippen molar-refractivity contribution in [1.82, 2.24) is 9.97 Å². The van der Waals surface area contributed by atoms with Gasteiger partial charge in [0.25, 0.3) is 0 Å². The van der Waals surface area contributed by atoms with Crippen molar-refractivity contribution in [3.63, 3.8) is 0 Å². The molecule has 289 valence electrons. The summed E-state index contributed by atoms with van der Waals surface area (Å²) in [6.45, 7) is 11.3. The average Bonchev–Trinajstić information content (AvgIpc) is 3.76. The number of rotatable bonds is 6. The molecule has 0 atom stereocenters. The summed E-state index contributed by atoms with van der Waals surface area (Å²) >= 11 is -1.98. The summed E-state index contributed by atoms with van der Waals surface area (Å²) in [5.74, 6) is 7.93. The Labute approximate surface area is 352 Å². The first-order valence-electron chi connectivity index (χ1n) is 19.6. The maximum absolute atomic E-state index is 6.31. The average molecular weight is 986 g/mol. The van der Waals surface area contributed by atoms with Gasteiger partial charge in [0.05, 0.1) is 5.58 Å². The molecule has 4 heterocycles. The van der Waals surface area contributed by atoms with E-state index in [0.717, 1.165) is 78.4 Å². The predicted octanol–water partition coefficient (Wildman–Crippen LogP) is 13.6. The molecule has 9 rings (SSSR count). The van der Waals surface area contributed by atoms with E-state index in [1.807, 2.05) is 42.5 Å². The fourth-order valence-corrected chi connectivity index (χ4v) is 10.9. The molecule has 57 heavy (non-hydrogen) atoms. The van der Waals surface area contributed by atoms with Crippen molar-refractivity contribution < 1.29 is 28.9 Å². The summed E-state index contributed by atoms with van der Waals surface area (Å²) in [5, 5.41) is 4.48. The monoisotopic (exact) mass is 987 g/mol. The standard InChI is InChI=1S/C27H22NO.C24H26GeNO.Ir/c1-27(2,3)20-13-10-18(11-14-20)19-12-15-21-22-7-6-8-23(24-9-4-5-16-28-24)26(22)29-25(21)17-19;1-16(2)13-17-14-22(26-15-21(17)25(3,4)5)20-11-8-10-19-18-9-6-7-12-23(18)27-24(19)20;/h4-7,9-17H,1-3H3;6-10,12,14-16H,13H2,1-5H3;/q2*-1;. The van der Waals surface area contributed by atoms with E-state index < -0.39 is 13.3 Å². The number of hydrogen-bond acceptors (Lipinski definition) is 4. The van der Waals surface area contributed by atoms with Crippen LogP contribution in [0, 0.1) is 18.1 Å². The molecular formula is C51H48GeIrN2O2-2. The third-order valence-electron chi connectivity index (χ3n) is 10.5. The third kappa shape index (κ3) is 8.30. The van der Waals surface area contributed by atoms with Crippen LogP contribution in [-0.2, 0) is 31.9 Å². The van der Waals surface area contributed by atoms with Crippen LogP contribution in [0.1, 0.15) is 45.7 Å². The summed E-state index contributed by atoms with van der Waals surface area (Å²) in [6, 6.07) is 46.4. The van der Waals surface area contributed by atoms with Gasteiger partial charge in [-0.05, 0) is 39.9 Å². The van der Waals surface area contributed by atoms with E-state index in [9.17, 15) is 0 Å². The van der Waals surface area contributed by atoms with Gasteiger partial charge in [-0.25, -0.2) is 0 Å². The number of para-hydroxylation sites is 1. The van der Waals surface area contributed by atoms with E-state index in [1.54, 1.807) is 6.20 Å². The molecule has 6 heteroatoms. The van der Waals surface area contributed by atoms with Gasteiger partial charge in [-0.3, -0.25) is 0 Å². The van der Waals surface area contributed by atoms with Crippen LogP contribution in [0.5, 0.6) is 0 Å². The minimum absolute atomic E-state index is 0. The Morgan fingerprint density at radius 1 is 0.632 bits per heavy atom. The van der Waals surface area contributed by atoms with Crippen LogP contribution in [-0.4, -0.2) is 23.2 Å². The van der Waals surface area contributed by atoms with Crippen LogP contribution in [0.25, 0.3) is 77.5 Å². The minimum Gasteiger partial charge on any atom is 0 e. The number of aromatic nitrogens is 2. The third-order valence-corrected chi connectivity index (χ3v) is 14.8. The molecule has 1 radical (unpaired) electrons. The van der Waals surface area contributed by atoms with Gasteiger partial charge in [-0.2, -0.15) is 0 Å². The minimum atomic E-state index is -1.98. The molecule has 4 nitrogen and oxygen atoms in total. The molecule has 0 aliphatic carbocycles. The van der Waals surface area contributed by atoms with E-state index >= 15 is 0 Å². The van der Waals surface area contributed by atoms with Crippen molar-refractivity contribution in [1.29, 1.82) is 0 Å². The Kier molecular flexibility index (Phi) is 11.5. The maximum atomic E-state index is 6.31. The quantitative estimate of drug-likeness (QED) is 0.123. The van der Waals surface area contributed by atoms with Gasteiger partial charge in [-0.15, -0.1) is 18.2 Å². The van der Waals surface area contributed by atoms with Crippen LogP contribution < -0.4 is 4.40 Å².